The van der Waals surface area contributed by atoms with Gasteiger partial charge in [-0.15, -0.1) is 10.2 Å². The first-order valence-corrected chi connectivity index (χ1v) is 7.61. The van der Waals surface area contributed by atoms with Crippen LogP contribution in [0.15, 0.2) is 52.9 Å². The van der Waals surface area contributed by atoms with Crippen molar-refractivity contribution in [3.05, 3.63) is 60.0 Å². The molecule has 0 saturated heterocycles. The SMILES string of the molecule is CCOc1ccc(NCc2nnc(-c3ccc(C)cc3)o2)cc1. The maximum absolute atomic E-state index is 5.68. The Balaban J connectivity index is 1.61. The van der Waals surface area contributed by atoms with Gasteiger partial charge in [-0.2, -0.15) is 0 Å². The second kappa shape index (κ2) is 6.96. The number of hydrogen-bond acceptors (Lipinski definition) is 5. The second-order valence-corrected chi connectivity index (χ2v) is 5.18. The van der Waals surface area contributed by atoms with Crippen molar-refractivity contribution in [2.24, 2.45) is 0 Å². The number of anilines is 1. The van der Waals surface area contributed by atoms with Crippen molar-refractivity contribution in [2.75, 3.05) is 11.9 Å². The smallest absolute Gasteiger partial charge is 0.247 e. The van der Waals surface area contributed by atoms with Gasteiger partial charge in [-0.3, -0.25) is 0 Å². The van der Waals surface area contributed by atoms with Gasteiger partial charge in [-0.1, -0.05) is 17.7 Å². The molecule has 0 bridgehead atoms. The van der Waals surface area contributed by atoms with Crippen LogP contribution in [0.3, 0.4) is 0 Å². The van der Waals surface area contributed by atoms with E-state index in [1.54, 1.807) is 0 Å². The molecule has 0 fully saturated rings. The molecule has 118 valence electrons. The van der Waals surface area contributed by atoms with Crippen molar-refractivity contribution in [1.29, 1.82) is 0 Å². The highest BCUT2D eigenvalue weighted by Gasteiger charge is 2.08. The summed E-state index contributed by atoms with van der Waals surface area (Å²) >= 11 is 0. The Morgan fingerprint density at radius 2 is 1.74 bits per heavy atom. The number of ether oxygens (including phenoxy) is 1. The lowest BCUT2D eigenvalue weighted by Crippen LogP contribution is -1.99. The number of hydrogen-bond donors (Lipinski definition) is 1. The summed E-state index contributed by atoms with van der Waals surface area (Å²) < 4.78 is 11.1. The van der Waals surface area contributed by atoms with Crippen molar-refractivity contribution in [3.63, 3.8) is 0 Å². The van der Waals surface area contributed by atoms with Gasteiger partial charge in [0, 0.05) is 11.3 Å². The first-order valence-electron chi connectivity index (χ1n) is 7.61. The largest absolute Gasteiger partial charge is 0.494 e. The number of aromatic nitrogens is 2. The summed E-state index contributed by atoms with van der Waals surface area (Å²) in [5.74, 6) is 1.94. The molecule has 0 saturated carbocycles. The van der Waals surface area contributed by atoms with E-state index in [4.69, 9.17) is 9.15 Å². The predicted octanol–water partition coefficient (Wildman–Crippen LogP) is 4.06. The van der Waals surface area contributed by atoms with Crippen LogP contribution in [0.2, 0.25) is 0 Å². The fourth-order valence-electron chi connectivity index (χ4n) is 2.15. The Morgan fingerprint density at radius 3 is 2.43 bits per heavy atom. The van der Waals surface area contributed by atoms with E-state index in [-0.39, 0.29) is 0 Å². The van der Waals surface area contributed by atoms with Crippen LogP contribution in [-0.2, 0) is 6.54 Å². The van der Waals surface area contributed by atoms with E-state index in [1.807, 2.05) is 62.4 Å². The third-order valence-electron chi connectivity index (χ3n) is 3.37. The molecular weight excluding hydrogens is 290 g/mol. The molecule has 3 aromatic rings. The van der Waals surface area contributed by atoms with E-state index >= 15 is 0 Å². The lowest BCUT2D eigenvalue weighted by Gasteiger charge is -2.06. The molecule has 0 aliphatic rings. The zero-order valence-corrected chi connectivity index (χ0v) is 13.2. The van der Waals surface area contributed by atoms with E-state index < -0.39 is 0 Å². The third kappa shape index (κ3) is 3.88. The minimum Gasteiger partial charge on any atom is -0.494 e. The molecule has 23 heavy (non-hydrogen) atoms. The molecule has 0 aliphatic carbocycles. The van der Waals surface area contributed by atoms with Crippen LogP contribution >= 0.6 is 0 Å². The normalized spacial score (nSPS) is 10.5. The Kier molecular flexibility index (Phi) is 4.57. The van der Waals surface area contributed by atoms with E-state index in [0.29, 0.717) is 24.9 Å². The molecule has 2 aromatic carbocycles. The van der Waals surface area contributed by atoms with Gasteiger partial charge in [0.15, 0.2) is 0 Å². The van der Waals surface area contributed by atoms with Gasteiger partial charge in [0.25, 0.3) is 0 Å². The van der Waals surface area contributed by atoms with Crippen LogP contribution in [0.4, 0.5) is 5.69 Å². The maximum Gasteiger partial charge on any atom is 0.247 e. The third-order valence-corrected chi connectivity index (χ3v) is 3.37. The summed E-state index contributed by atoms with van der Waals surface area (Å²) in [6.45, 7) is 5.15. The van der Waals surface area contributed by atoms with Crippen molar-refractivity contribution < 1.29 is 9.15 Å². The highest BCUT2D eigenvalue weighted by Crippen LogP contribution is 2.19. The first-order chi connectivity index (χ1) is 11.2. The summed E-state index contributed by atoms with van der Waals surface area (Å²) in [7, 11) is 0. The topological polar surface area (TPSA) is 60.2 Å². The fraction of sp³-hybridized carbons (Fsp3) is 0.222. The minimum atomic E-state index is 0.479. The summed E-state index contributed by atoms with van der Waals surface area (Å²) in [4.78, 5) is 0. The van der Waals surface area contributed by atoms with Crippen LogP contribution in [0, 0.1) is 6.92 Å². The zero-order valence-electron chi connectivity index (χ0n) is 13.2. The van der Waals surface area contributed by atoms with Crippen molar-refractivity contribution >= 4 is 5.69 Å². The molecule has 0 radical (unpaired) electrons. The van der Waals surface area contributed by atoms with E-state index in [1.165, 1.54) is 5.56 Å². The van der Waals surface area contributed by atoms with Crippen LogP contribution < -0.4 is 10.1 Å². The Hall–Kier alpha value is -2.82. The van der Waals surface area contributed by atoms with Gasteiger partial charge >= 0.3 is 0 Å². The van der Waals surface area contributed by atoms with Gasteiger partial charge in [-0.25, -0.2) is 0 Å². The van der Waals surface area contributed by atoms with Crippen LogP contribution in [0.25, 0.3) is 11.5 Å². The average molecular weight is 309 g/mol. The molecule has 1 N–H and O–H groups in total. The molecule has 0 amide bonds. The lowest BCUT2D eigenvalue weighted by molar-refractivity contribution is 0.340. The Labute approximate surface area is 135 Å². The average Bonchev–Trinajstić information content (AvgIpc) is 3.04. The van der Waals surface area contributed by atoms with E-state index in [9.17, 15) is 0 Å². The summed E-state index contributed by atoms with van der Waals surface area (Å²) in [6.07, 6.45) is 0. The lowest BCUT2D eigenvalue weighted by atomic mass is 10.1. The number of aryl methyl sites for hydroxylation is 1. The van der Waals surface area contributed by atoms with Crippen LogP contribution in [0.5, 0.6) is 5.75 Å². The predicted molar refractivity (Wildman–Crippen MR) is 89.4 cm³/mol. The van der Waals surface area contributed by atoms with Gasteiger partial charge in [-0.05, 0) is 50.2 Å². The number of nitrogens with zero attached hydrogens (tertiary/aromatic N) is 2. The highest BCUT2D eigenvalue weighted by molar-refractivity contribution is 5.53. The summed E-state index contributed by atoms with van der Waals surface area (Å²) in [6, 6.07) is 15.8. The molecule has 1 aromatic heterocycles. The zero-order chi connectivity index (χ0) is 16.1. The van der Waals surface area contributed by atoms with E-state index in [0.717, 1.165) is 17.0 Å². The molecule has 3 rings (SSSR count). The molecule has 0 aliphatic heterocycles. The van der Waals surface area contributed by atoms with Crippen molar-refractivity contribution in [3.8, 4) is 17.2 Å². The number of nitrogens with one attached hydrogen (secondary N) is 1. The standard InChI is InChI=1S/C18H19N3O2/c1-3-22-16-10-8-15(9-11-16)19-12-17-20-21-18(23-17)14-6-4-13(2)5-7-14/h4-11,19H,3,12H2,1-2H3. The quantitative estimate of drug-likeness (QED) is 0.744. The van der Waals surface area contributed by atoms with Gasteiger partial charge in [0.2, 0.25) is 11.8 Å². The summed E-state index contributed by atoms with van der Waals surface area (Å²) in [5.41, 5.74) is 3.10. The highest BCUT2D eigenvalue weighted by atomic mass is 16.5. The van der Waals surface area contributed by atoms with Crippen LogP contribution in [-0.4, -0.2) is 16.8 Å². The first kappa shape index (κ1) is 15.1. The Bertz CT molecular complexity index is 749. The fourth-order valence-corrected chi connectivity index (χ4v) is 2.15. The van der Waals surface area contributed by atoms with Crippen molar-refractivity contribution in [2.45, 2.75) is 20.4 Å². The Morgan fingerprint density at radius 1 is 1.00 bits per heavy atom. The van der Waals surface area contributed by atoms with Crippen LogP contribution in [0.1, 0.15) is 18.4 Å². The van der Waals surface area contributed by atoms with Gasteiger partial charge in [0.05, 0.1) is 13.2 Å². The molecule has 1 heterocycles. The van der Waals surface area contributed by atoms with Crippen molar-refractivity contribution in [1.82, 2.24) is 10.2 Å². The van der Waals surface area contributed by atoms with E-state index in [2.05, 4.69) is 15.5 Å². The molecule has 0 spiro atoms. The summed E-state index contributed by atoms with van der Waals surface area (Å²) in [5, 5.41) is 11.4. The van der Waals surface area contributed by atoms with Gasteiger partial charge in [0.1, 0.15) is 5.75 Å². The second-order valence-electron chi connectivity index (χ2n) is 5.18. The van der Waals surface area contributed by atoms with Gasteiger partial charge < -0.3 is 14.5 Å². The molecule has 0 unspecified atom stereocenters. The maximum atomic E-state index is 5.68. The molecule has 5 heteroatoms. The molecule has 5 nitrogen and oxygen atoms in total. The minimum absolute atomic E-state index is 0.479. The monoisotopic (exact) mass is 309 g/mol. The number of benzene rings is 2. The molecular formula is C18H19N3O2. The molecule has 0 atom stereocenters. The number of rotatable bonds is 6.